The molecule has 0 fully saturated rings. The number of hydrogen-bond donors (Lipinski definition) is 0. The van der Waals surface area contributed by atoms with Gasteiger partial charge in [-0.1, -0.05) is 32.4 Å². The zero-order valence-electron chi connectivity index (χ0n) is 10.1. The first-order chi connectivity index (χ1) is 7.75. The van der Waals surface area contributed by atoms with Crippen LogP contribution in [0.2, 0.25) is 0 Å². The molecule has 1 nitrogen and oxygen atoms in total. The zero-order chi connectivity index (χ0) is 11.4. The number of rotatable bonds is 4. The van der Waals surface area contributed by atoms with Gasteiger partial charge in [0.15, 0.2) is 0 Å². The maximum atomic E-state index is 4.33. The molecule has 0 aliphatic carbocycles. The third-order valence-corrected chi connectivity index (χ3v) is 2.91. The van der Waals surface area contributed by atoms with Crippen molar-refractivity contribution in [1.29, 1.82) is 0 Å². The van der Waals surface area contributed by atoms with Crippen LogP contribution in [0.5, 0.6) is 0 Å². The molecule has 1 aromatic carbocycles. The normalized spacial score (nSPS) is 11.2. The Morgan fingerprint density at radius 2 is 2.06 bits per heavy atom. The van der Waals surface area contributed by atoms with Crippen LogP contribution in [0.4, 0.5) is 0 Å². The minimum Gasteiger partial charge on any atom is -0.256 e. The number of fused-ring (bicyclic) bond motifs is 1. The van der Waals surface area contributed by atoms with Gasteiger partial charge in [-0.2, -0.15) is 0 Å². The highest BCUT2D eigenvalue weighted by Gasteiger charge is 1.98. The number of benzene rings is 1. The number of hydrogen-bond acceptors (Lipinski definition) is 1. The fourth-order valence-electron chi connectivity index (χ4n) is 2.00. The smallest absolute Gasteiger partial charge is 0.0702 e. The van der Waals surface area contributed by atoms with E-state index in [1.165, 1.54) is 30.2 Å². The summed E-state index contributed by atoms with van der Waals surface area (Å²) < 4.78 is 0. The molecule has 0 atom stereocenters. The number of aromatic nitrogens is 1. The van der Waals surface area contributed by atoms with Gasteiger partial charge in [0.1, 0.15) is 0 Å². The first kappa shape index (κ1) is 11.1. The Morgan fingerprint density at radius 3 is 2.88 bits per heavy atom. The predicted molar refractivity (Wildman–Crippen MR) is 69.5 cm³/mol. The second-order valence-electron chi connectivity index (χ2n) is 4.82. The molecule has 1 aromatic heterocycles. The van der Waals surface area contributed by atoms with Crippen LogP contribution < -0.4 is 0 Å². The molecule has 0 saturated carbocycles. The van der Waals surface area contributed by atoms with Crippen molar-refractivity contribution < 1.29 is 0 Å². The van der Waals surface area contributed by atoms with Crippen molar-refractivity contribution in [2.45, 2.75) is 33.1 Å². The van der Waals surface area contributed by atoms with Gasteiger partial charge in [-0.15, -0.1) is 0 Å². The highest BCUT2D eigenvalue weighted by atomic mass is 14.6. The number of nitrogens with zero attached hydrogens (tertiary/aromatic N) is 1. The second kappa shape index (κ2) is 5.11. The van der Waals surface area contributed by atoms with Crippen molar-refractivity contribution in [2.24, 2.45) is 5.92 Å². The van der Waals surface area contributed by atoms with Crippen LogP contribution in [0.25, 0.3) is 10.9 Å². The van der Waals surface area contributed by atoms with Crippen molar-refractivity contribution in [2.75, 3.05) is 0 Å². The van der Waals surface area contributed by atoms with E-state index in [9.17, 15) is 0 Å². The lowest BCUT2D eigenvalue weighted by Crippen LogP contribution is -1.91. The van der Waals surface area contributed by atoms with Gasteiger partial charge in [-0.25, -0.2) is 0 Å². The molecule has 2 aromatic rings. The summed E-state index contributed by atoms with van der Waals surface area (Å²) in [5.74, 6) is 0.808. The van der Waals surface area contributed by atoms with Crippen LogP contribution in [-0.4, -0.2) is 4.98 Å². The summed E-state index contributed by atoms with van der Waals surface area (Å²) in [5.41, 5.74) is 2.52. The minimum atomic E-state index is 0.808. The Labute approximate surface area is 97.5 Å². The van der Waals surface area contributed by atoms with Crippen molar-refractivity contribution in [3.8, 4) is 0 Å². The van der Waals surface area contributed by atoms with Crippen molar-refractivity contribution in [3.63, 3.8) is 0 Å². The quantitative estimate of drug-likeness (QED) is 0.741. The summed E-state index contributed by atoms with van der Waals surface area (Å²) in [6.45, 7) is 4.56. The lowest BCUT2D eigenvalue weighted by atomic mass is 10.0. The first-order valence-electron chi connectivity index (χ1n) is 6.09. The lowest BCUT2D eigenvalue weighted by Gasteiger charge is -2.05. The molecule has 0 bridgehead atoms. The third kappa shape index (κ3) is 2.82. The molecule has 0 aliphatic rings. The fraction of sp³-hybridized carbons (Fsp3) is 0.400. The Balaban J connectivity index is 2.08. The summed E-state index contributed by atoms with van der Waals surface area (Å²) in [4.78, 5) is 4.33. The van der Waals surface area contributed by atoms with Crippen LogP contribution in [0.3, 0.4) is 0 Å². The minimum absolute atomic E-state index is 0.808. The molecule has 1 heterocycles. The summed E-state index contributed by atoms with van der Waals surface area (Å²) >= 11 is 0. The van der Waals surface area contributed by atoms with Crippen LogP contribution in [0.15, 0.2) is 36.5 Å². The van der Waals surface area contributed by atoms with E-state index in [2.05, 4.69) is 43.1 Å². The molecule has 2 rings (SSSR count). The molecule has 0 N–H and O–H groups in total. The van der Waals surface area contributed by atoms with Crippen LogP contribution in [0.1, 0.15) is 32.3 Å². The Kier molecular flexibility index (Phi) is 3.55. The fourth-order valence-corrected chi connectivity index (χ4v) is 2.00. The standard InChI is InChI=1S/C15H19N/c1-12(2)5-3-6-13-8-9-15-14(11-13)7-4-10-16-15/h4,7-12H,3,5-6H2,1-2H3. The average molecular weight is 213 g/mol. The van der Waals surface area contributed by atoms with Crippen LogP contribution >= 0.6 is 0 Å². The van der Waals surface area contributed by atoms with Crippen molar-refractivity contribution in [1.82, 2.24) is 4.98 Å². The summed E-state index contributed by atoms with van der Waals surface area (Å²) in [6, 6.07) is 10.7. The van der Waals surface area contributed by atoms with Gasteiger partial charge in [-0.3, -0.25) is 4.98 Å². The summed E-state index contributed by atoms with van der Waals surface area (Å²) in [7, 11) is 0. The molecule has 0 radical (unpaired) electrons. The van der Waals surface area contributed by atoms with E-state index in [-0.39, 0.29) is 0 Å². The molecule has 0 unspecified atom stereocenters. The molecule has 0 amide bonds. The van der Waals surface area contributed by atoms with Gasteiger partial charge in [-0.05, 0) is 42.5 Å². The van der Waals surface area contributed by atoms with E-state index in [1.807, 2.05) is 12.3 Å². The van der Waals surface area contributed by atoms with Crippen molar-refractivity contribution in [3.05, 3.63) is 42.1 Å². The van der Waals surface area contributed by atoms with Crippen molar-refractivity contribution >= 4 is 10.9 Å². The van der Waals surface area contributed by atoms with Crippen LogP contribution in [0, 0.1) is 5.92 Å². The molecular formula is C15H19N. The second-order valence-corrected chi connectivity index (χ2v) is 4.82. The summed E-state index contributed by atoms with van der Waals surface area (Å²) in [6.07, 6.45) is 5.62. The van der Waals surface area contributed by atoms with E-state index >= 15 is 0 Å². The average Bonchev–Trinajstić information content (AvgIpc) is 2.28. The van der Waals surface area contributed by atoms with Gasteiger partial charge in [0.05, 0.1) is 5.52 Å². The lowest BCUT2D eigenvalue weighted by molar-refractivity contribution is 0.556. The highest BCUT2D eigenvalue weighted by Crippen LogP contribution is 2.16. The number of aryl methyl sites for hydroxylation is 1. The largest absolute Gasteiger partial charge is 0.256 e. The zero-order valence-corrected chi connectivity index (χ0v) is 10.1. The van der Waals surface area contributed by atoms with E-state index in [4.69, 9.17) is 0 Å². The molecule has 0 spiro atoms. The van der Waals surface area contributed by atoms with Crippen LogP contribution in [-0.2, 0) is 6.42 Å². The Bertz CT molecular complexity index is 460. The van der Waals surface area contributed by atoms with E-state index in [0.717, 1.165) is 11.4 Å². The molecule has 1 heteroatoms. The molecule has 16 heavy (non-hydrogen) atoms. The summed E-state index contributed by atoms with van der Waals surface area (Å²) in [5, 5.41) is 1.25. The van der Waals surface area contributed by atoms with Gasteiger partial charge in [0.25, 0.3) is 0 Å². The van der Waals surface area contributed by atoms with E-state index in [0.29, 0.717) is 0 Å². The predicted octanol–water partition coefficient (Wildman–Crippen LogP) is 4.21. The van der Waals surface area contributed by atoms with Gasteiger partial charge >= 0.3 is 0 Å². The van der Waals surface area contributed by atoms with Gasteiger partial charge < -0.3 is 0 Å². The van der Waals surface area contributed by atoms with E-state index < -0.39 is 0 Å². The van der Waals surface area contributed by atoms with Gasteiger partial charge in [0.2, 0.25) is 0 Å². The first-order valence-corrected chi connectivity index (χ1v) is 6.09. The molecular weight excluding hydrogens is 194 g/mol. The molecule has 0 saturated heterocycles. The van der Waals surface area contributed by atoms with E-state index in [1.54, 1.807) is 0 Å². The maximum absolute atomic E-state index is 4.33. The molecule has 0 aliphatic heterocycles. The Hall–Kier alpha value is -1.37. The monoisotopic (exact) mass is 213 g/mol. The Morgan fingerprint density at radius 1 is 1.19 bits per heavy atom. The van der Waals surface area contributed by atoms with Gasteiger partial charge in [0, 0.05) is 11.6 Å². The maximum Gasteiger partial charge on any atom is 0.0702 e. The highest BCUT2D eigenvalue weighted by molar-refractivity contribution is 5.78. The SMILES string of the molecule is CC(C)CCCc1ccc2ncccc2c1. The third-order valence-electron chi connectivity index (χ3n) is 2.91. The number of pyridine rings is 1. The topological polar surface area (TPSA) is 12.9 Å². The molecule has 84 valence electrons.